The third-order valence-corrected chi connectivity index (χ3v) is 4.00. The second-order valence-corrected chi connectivity index (χ2v) is 6.38. The van der Waals surface area contributed by atoms with Gasteiger partial charge in [0.05, 0.1) is 14.2 Å². The molecule has 28 heavy (non-hydrogen) atoms. The van der Waals surface area contributed by atoms with Crippen molar-refractivity contribution in [1.29, 1.82) is 0 Å². The van der Waals surface area contributed by atoms with Crippen LogP contribution in [0.3, 0.4) is 0 Å². The zero-order chi connectivity index (χ0) is 20.5. The Morgan fingerprint density at radius 2 is 1.79 bits per heavy atom. The van der Waals surface area contributed by atoms with Crippen molar-refractivity contribution in [3.63, 3.8) is 0 Å². The second-order valence-electron chi connectivity index (χ2n) is 6.38. The fraction of sp³-hybridized carbons (Fsp3) is 0.273. The van der Waals surface area contributed by atoms with Gasteiger partial charge in [0.25, 0.3) is 5.91 Å². The summed E-state index contributed by atoms with van der Waals surface area (Å²) in [5.74, 6) is 0.507. The zero-order valence-electron chi connectivity index (χ0n) is 16.5. The average molecular weight is 383 g/mol. The number of methoxy groups -OCH3 is 2. The molecule has 0 bridgehead atoms. The second kappa shape index (κ2) is 10.2. The van der Waals surface area contributed by atoms with E-state index in [4.69, 9.17) is 14.2 Å². The molecule has 0 spiro atoms. The lowest BCUT2D eigenvalue weighted by Crippen LogP contribution is -2.20. The Morgan fingerprint density at radius 3 is 2.46 bits per heavy atom. The summed E-state index contributed by atoms with van der Waals surface area (Å²) >= 11 is 0. The van der Waals surface area contributed by atoms with Crippen molar-refractivity contribution in [3.8, 4) is 11.5 Å². The van der Waals surface area contributed by atoms with Gasteiger partial charge < -0.3 is 19.5 Å². The highest BCUT2D eigenvalue weighted by Crippen LogP contribution is 2.28. The number of carbonyl (C=O) groups is 2. The van der Waals surface area contributed by atoms with Crippen molar-refractivity contribution in [2.24, 2.45) is 0 Å². The van der Waals surface area contributed by atoms with Crippen LogP contribution in [-0.4, -0.2) is 32.7 Å². The molecule has 0 unspecified atom stereocenters. The SMILES string of the molecule is COc1ccc(C=CC(=O)OCC(=O)Nc2cccc(C(C)C)c2)cc1OC. The normalized spacial score (nSPS) is 10.8. The van der Waals surface area contributed by atoms with Crippen LogP contribution < -0.4 is 14.8 Å². The van der Waals surface area contributed by atoms with E-state index in [1.807, 2.05) is 18.2 Å². The fourth-order valence-corrected chi connectivity index (χ4v) is 2.48. The van der Waals surface area contributed by atoms with Crippen LogP contribution in [0.1, 0.15) is 30.9 Å². The van der Waals surface area contributed by atoms with Gasteiger partial charge in [0, 0.05) is 11.8 Å². The van der Waals surface area contributed by atoms with Gasteiger partial charge in [-0.2, -0.15) is 0 Å². The van der Waals surface area contributed by atoms with Gasteiger partial charge in [0.2, 0.25) is 0 Å². The number of carbonyl (C=O) groups excluding carboxylic acids is 2. The van der Waals surface area contributed by atoms with Crippen LogP contribution in [0.2, 0.25) is 0 Å². The van der Waals surface area contributed by atoms with Gasteiger partial charge in [-0.05, 0) is 47.4 Å². The van der Waals surface area contributed by atoms with Crippen molar-refractivity contribution in [2.45, 2.75) is 19.8 Å². The maximum absolute atomic E-state index is 12.0. The zero-order valence-corrected chi connectivity index (χ0v) is 16.5. The van der Waals surface area contributed by atoms with E-state index in [1.54, 1.807) is 37.5 Å². The molecule has 6 heteroatoms. The van der Waals surface area contributed by atoms with Crippen molar-refractivity contribution in [2.75, 3.05) is 26.1 Å². The van der Waals surface area contributed by atoms with Gasteiger partial charge in [0.15, 0.2) is 18.1 Å². The van der Waals surface area contributed by atoms with E-state index < -0.39 is 11.9 Å². The summed E-state index contributed by atoms with van der Waals surface area (Å²) in [4.78, 5) is 23.8. The smallest absolute Gasteiger partial charge is 0.331 e. The van der Waals surface area contributed by atoms with Gasteiger partial charge in [0.1, 0.15) is 0 Å². The standard InChI is InChI=1S/C22H25NO5/c1-15(2)17-6-5-7-18(13-17)23-21(24)14-28-22(25)11-9-16-8-10-19(26-3)20(12-16)27-4/h5-13,15H,14H2,1-4H3,(H,23,24). The number of nitrogens with one attached hydrogen (secondary N) is 1. The summed E-state index contributed by atoms with van der Waals surface area (Å²) in [7, 11) is 3.09. The molecule has 0 saturated carbocycles. The fourth-order valence-electron chi connectivity index (χ4n) is 2.48. The van der Waals surface area contributed by atoms with Crippen molar-refractivity contribution < 1.29 is 23.8 Å². The summed E-state index contributed by atoms with van der Waals surface area (Å²) in [5.41, 5.74) is 2.53. The molecular formula is C22H25NO5. The van der Waals surface area contributed by atoms with E-state index in [2.05, 4.69) is 19.2 Å². The molecule has 0 fully saturated rings. The number of anilines is 1. The molecule has 0 aliphatic rings. The highest BCUT2D eigenvalue weighted by atomic mass is 16.5. The number of amides is 1. The summed E-state index contributed by atoms with van der Waals surface area (Å²) in [6, 6.07) is 12.8. The Morgan fingerprint density at radius 1 is 1.04 bits per heavy atom. The highest BCUT2D eigenvalue weighted by molar-refractivity contribution is 5.94. The van der Waals surface area contributed by atoms with E-state index in [-0.39, 0.29) is 6.61 Å². The minimum absolute atomic E-state index is 0.358. The molecule has 0 aromatic heterocycles. The summed E-state index contributed by atoms with van der Waals surface area (Å²) in [5, 5.41) is 2.72. The highest BCUT2D eigenvalue weighted by Gasteiger charge is 2.08. The molecular weight excluding hydrogens is 358 g/mol. The Kier molecular flexibility index (Phi) is 7.63. The Bertz CT molecular complexity index is 858. The molecule has 0 heterocycles. The van der Waals surface area contributed by atoms with E-state index in [0.717, 1.165) is 11.1 Å². The molecule has 1 amide bonds. The van der Waals surface area contributed by atoms with Gasteiger partial charge in [-0.15, -0.1) is 0 Å². The summed E-state index contributed by atoms with van der Waals surface area (Å²) in [6.07, 6.45) is 2.84. The molecule has 0 saturated heterocycles. The number of esters is 1. The molecule has 2 aromatic carbocycles. The first-order chi connectivity index (χ1) is 13.4. The van der Waals surface area contributed by atoms with Crippen LogP contribution in [0.15, 0.2) is 48.5 Å². The first-order valence-corrected chi connectivity index (χ1v) is 8.89. The third kappa shape index (κ3) is 6.16. The van der Waals surface area contributed by atoms with E-state index in [0.29, 0.717) is 23.1 Å². The van der Waals surface area contributed by atoms with Crippen LogP contribution >= 0.6 is 0 Å². The lowest BCUT2D eigenvalue weighted by Gasteiger charge is -2.09. The van der Waals surface area contributed by atoms with Gasteiger partial charge in [-0.25, -0.2) is 4.79 Å². The van der Waals surface area contributed by atoms with Crippen LogP contribution in [0.5, 0.6) is 11.5 Å². The van der Waals surface area contributed by atoms with Crippen molar-refractivity contribution >= 4 is 23.6 Å². The molecule has 0 aliphatic carbocycles. The molecule has 2 aromatic rings. The van der Waals surface area contributed by atoms with Crippen LogP contribution in [-0.2, 0) is 14.3 Å². The minimum atomic E-state index is -0.610. The van der Waals surface area contributed by atoms with E-state index in [1.165, 1.54) is 13.2 Å². The predicted octanol–water partition coefficient (Wildman–Crippen LogP) is 4.02. The first-order valence-electron chi connectivity index (χ1n) is 8.89. The first kappa shape index (κ1) is 21.0. The molecule has 0 radical (unpaired) electrons. The van der Waals surface area contributed by atoms with Crippen molar-refractivity contribution in [3.05, 3.63) is 59.7 Å². The number of hydrogen-bond acceptors (Lipinski definition) is 5. The van der Waals surface area contributed by atoms with E-state index in [9.17, 15) is 9.59 Å². The molecule has 0 atom stereocenters. The van der Waals surface area contributed by atoms with Crippen LogP contribution in [0.4, 0.5) is 5.69 Å². The molecule has 148 valence electrons. The largest absolute Gasteiger partial charge is 0.493 e. The van der Waals surface area contributed by atoms with Gasteiger partial charge >= 0.3 is 5.97 Å². The van der Waals surface area contributed by atoms with Gasteiger partial charge in [-0.3, -0.25) is 4.79 Å². The Balaban J connectivity index is 1.87. The summed E-state index contributed by atoms with van der Waals surface area (Å²) < 4.78 is 15.4. The lowest BCUT2D eigenvalue weighted by atomic mass is 10.0. The van der Waals surface area contributed by atoms with Crippen LogP contribution in [0, 0.1) is 0 Å². The Labute approximate surface area is 165 Å². The third-order valence-electron chi connectivity index (χ3n) is 4.00. The lowest BCUT2D eigenvalue weighted by molar-refractivity contribution is -0.142. The molecule has 2 rings (SSSR count). The quantitative estimate of drug-likeness (QED) is 0.550. The van der Waals surface area contributed by atoms with Crippen molar-refractivity contribution in [1.82, 2.24) is 0 Å². The summed E-state index contributed by atoms with van der Waals surface area (Å²) in [6.45, 7) is 3.79. The number of rotatable bonds is 8. The Hall–Kier alpha value is -3.28. The maximum atomic E-state index is 12.0. The van der Waals surface area contributed by atoms with Crippen LogP contribution in [0.25, 0.3) is 6.08 Å². The topological polar surface area (TPSA) is 73.9 Å². The molecule has 0 aliphatic heterocycles. The molecule has 1 N–H and O–H groups in total. The number of hydrogen-bond donors (Lipinski definition) is 1. The maximum Gasteiger partial charge on any atom is 0.331 e. The van der Waals surface area contributed by atoms with E-state index >= 15 is 0 Å². The minimum Gasteiger partial charge on any atom is -0.493 e. The monoisotopic (exact) mass is 383 g/mol. The average Bonchev–Trinajstić information content (AvgIpc) is 2.70. The molecule has 6 nitrogen and oxygen atoms in total. The number of ether oxygens (including phenoxy) is 3. The predicted molar refractivity (Wildman–Crippen MR) is 109 cm³/mol. The van der Waals surface area contributed by atoms with Gasteiger partial charge in [-0.1, -0.05) is 32.0 Å². The number of benzene rings is 2.